The molecule has 0 fully saturated rings. The van der Waals surface area contributed by atoms with E-state index in [1.165, 1.54) is 18.4 Å². The van der Waals surface area contributed by atoms with Crippen molar-refractivity contribution in [2.24, 2.45) is 0 Å². The number of benzene rings is 1. The van der Waals surface area contributed by atoms with Gasteiger partial charge in [-0.3, -0.25) is 4.79 Å². The van der Waals surface area contributed by atoms with Gasteiger partial charge in [-0.15, -0.1) is 0 Å². The molecule has 0 atom stereocenters. The molecule has 0 bridgehead atoms. The summed E-state index contributed by atoms with van der Waals surface area (Å²) in [5, 5.41) is 0. The topological polar surface area (TPSA) is 43.1 Å². The van der Waals surface area contributed by atoms with Gasteiger partial charge in [0.15, 0.2) is 6.29 Å². The highest BCUT2D eigenvalue weighted by atomic mass is 19.1. The second-order valence-electron chi connectivity index (χ2n) is 3.15. The number of nitrogens with zero attached hydrogens (tertiary/aromatic N) is 1. The summed E-state index contributed by atoms with van der Waals surface area (Å²) >= 11 is 0. The van der Waals surface area contributed by atoms with Gasteiger partial charge in [0.05, 0.1) is 11.3 Å². The molecule has 2 rings (SSSR count). The van der Waals surface area contributed by atoms with Crippen LogP contribution in [0.1, 0.15) is 16.1 Å². The van der Waals surface area contributed by atoms with Crippen molar-refractivity contribution in [3.8, 4) is 11.5 Å². The molecule has 0 aliphatic heterocycles. The van der Waals surface area contributed by atoms with Crippen LogP contribution in [0.2, 0.25) is 0 Å². The van der Waals surface area contributed by atoms with E-state index in [-0.39, 0.29) is 5.56 Å². The van der Waals surface area contributed by atoms with Crippen molar-refractivity contribution in [1.82, 2.24) is 4.98 Å². The number of rotatable bonds is 2. The van der Waals surface area contributed by atoms with Crippen LogP contribution in [0.25, 0.3) is 11.5 Å². The molecule has 0 saturated heterocycles. The quantitative estimate of drug-likeness (QED) is 0.708. The summed E-state index contributed by atoms with van der Waals surface area (Å²) in [6.07, 6.45) is 1.96. The number of aromatic nitrogens is 1. The summed E-state index contributed by atoms with van der Waals surface area (Å²) in [6, 6.07) is 4.23. The monoisotopic (exact) mass is 205 g/mol. The molecule has 1 heterocycles. The Labute approximate surface area is 85.6 Å². The average molecular weight is 205 g/mol. The highest BCUT2D eigenvalue weighted by Gasteiger charge is 2.08. The van der Waals surface area contributed by atoms with E-state index in [1.807, 2.05) is 0 Å². The molecule has 0 aliphatic rings. The molecule has 0 amide bonds. The molecular formula is C11H8FNO2. The minimum Gasteiger partial charge on any atom is -0.444 e. The van der Waals surface area contributed by atoms with Gasteiger partial charge in [0, 0.05) is 5.56 Å². The molecule has 4 heteroatoms. The average Bonchev–Trinajstić information content (AvgIpc) is 2.65. The Morgan fingerprint density at radius 3 is 2.80 bits per heavy atom. The highest BCUT2D eigenvalue weighted by molar-refractivity contribution is 5.76. The van der Waals surface area contributed by atoms with Crippen LogP contribution in [0.3, 0.4) is 0 Å². The van der Waals surface area contributed by atoms with E-state index in [9.17, 15) is 9.18 Å². The predicted octanol–water partition coefficient (Wildman–Crippen LogP) is 2.60. The van der Waals surface area contributed by atoms with Crippen LogP contribution in [0.15, 0.2) is 28.9 Å². The Morgan fingerprint density at radius 1 is 1.47 bits per heavy atom. The normalized spacial score (nSPS) is 10.3. The van der Waals surface area contributed by atoms with Gasteiger partial charge in [0.2, 0.25) is 5.89 Å². The summed E-state index contributed by atoms with van der Waals surface area (Å²) in [7, 11) is 0. The fraction of sp³-hybridized carbons (Fsp3) is 0.0909. The SMILES string of the molecule is Cc1coc(-c2ccc(C=O)c(F)c2)n1. The molecular weight excluding hydrogens is 197 g/mol. The van der Waals surface area contributed by atoms with E-state index < -0.39 is 5.82 Å². The number of aryl methyl sites for hydroxylation is 1. The first-order valence-electron chi connectivity index (χ1n) is 4.38. The first-order chi connectivity index (χ1) is 7.20. The smallest absolute Gasteiger partial charge is 0.226 e. The first kappa shape index (κ1) is 9.58. The molecule has 0 radical (unpaired) electrons. The van der Waals surface area contributed by atoms with Crippen LogP contribution in [-0.4, -0.2) is 11.3 Å². The summed E-state index contributed by atoms with van der Waals surface area (Å²) < 4.78 is 18.4. The van der Waals surface area contributed by atoms with Crippen LogP contribution >= 0.6 is 0 Å². The van der Waals surface area contributed by atoms with Gasteiger partial charge in [-0.25, -0.2) is 9.37 Å². The molecule has 0 aliphatic carbocycles. The second-order valence-corrected chi connectivity index (χ2v) is 3.15. The first-order valence-corrected chi connectivity index (χ1v) is 4.38. The molecule has 2 aromatic rings. The van der Waals surface area contributed by atoms with Gasteiger partial charge in [0.1, 0.15) is 12.1 Å². The molecule has 3 nitrogen and oxygen atoms in total. The third-order valence-corrected chi connectivity index (χ3v) is 1.99. The van der Waals surface area contributed by atoms with E-state index in [4.69, 9.17) is 4.42 Å². The van der Waals surface area contributed by atoms with Crippen LogP contribution in [-0.2, 0) is 0 Å². The highest BCUT2D eigenvalue weighted by Crippen LogP contribution is 2.20. The summed E-state index contributed by atoms with van der Waals surface area (Å²) in [5.74, 6) is -0.220. The van der Waals surface area contributed by atoms with Crippen LogP contribution in [0.5, 0.6) is 0 Å². The molecule has 1 aromatic carbocycles. The third-order valence-electron chi connectivity index (χ3n) is 1.99. The third kappa shape index (κ3) is 1.79. The number of hydrogen-bond acceptors (Lipinski definition) is 3. The number of carbonyl (C=O) groups is 1. The van der Waals surface area contributed by atoms with Crippen molar-refractivity contribution in [3.05, 3.63) is 41.5 Å². The number of halogens is 1. The largest absolute Gasteiger partial charge is 0.444 e. The van der Waals surface area contributed by atoms with Gasteiger partial charge in [-0.1, -0.05) is 0 Å². The molecule has 1 aromatic heterocycles. The zero-order valence-electron chi connectivity index (χ0n) is 8.03. The van der Waals surface area contributed by atoms with Crippen molar-refractivity contribution >= 4 is 6.29 Å². The zero-order chi connectivity index (χ0) is 10.8. The van der Waals surface area contributed by atoms with E-state index in [1.54, 1.807) is 13.0 Å². The lowest BCUT2D eigenvalue weighted by Gasteiger charge is -1.97. The fourth-order valence-electron chi connectivity index (χ4n) is 1.24. The van der Waals surface area contributed by atoms with Crippen molar-refractivity contribution in [2.75, 3.05) is 0 Å². The molecule has 0 N–H and O–H groups in total. The lowest BCUT2D eigenvalue weighted by molar-refractivity contribution is 0.112. The van der Waals surface area contributed by atoms with Crippen molar-refractivity contribution in [3.63, 3.8) is 0 Å². The standard InChI is InChI=1S/C11H8FNO2/c1-7-6-15-11(13-7)8-2-3-9(5-14)10(12)4-8/h2-6H,1H3. The summed E-state index contributed by atoms with van der Waals surface area (Å²) in [4.78, 5) is 14.5. The Balaban J connectivity index is 2.46. The fourth-order valence-corrected chi connectivity index (χ4v) is 1.24. The Kier molecular flexibility index (Phi) is 2.33. The zero-order valence-corrected chi connectivity index (χ0v) is 8.03. The van der Waals surface area contributed by atoms with E-state index >= 15 is 0 Å². The molecule has 0 saturated carbocycles. The Morgan fingerprint density at radius 2 is 2.27 bits per heavy atom. The minimum absolute atomic E-state index is 0.0297. The Hall–Kier alpha value is -1.97. The van der Waals surface area contributed by atoms with Crippen LogP contribution in [0.4, 0.5) is 4.39 Å². The van der Waals surface area contributed by atoms with Crippen molar-refractivity contribution in [1.29, 1.82) is 0 Å². The number of oxazole rings is 1. The van der Waals surface area contributed by atoms with Gasteiger partial charge in [-0.05, 0) is 25.1 Å². The summed E-state index contributed by atoms with van der Waals surface area (Å²) in [6.45, 7) is 1.78. The maximum absolute atomic E-state index is 13.2. The lowest BCUT2D eigenvalue weighted by atomic mass is 10.1. The summed E-state index contributed by atoms with van der Waals surface area (Å²) in [5.41, 5.74) is 1.28. The molecule has 15 heavy (non-hydrogen) atoms. The predicted molar refractivity (Wildman–Crippen MR) is 52.0 cm³/mol. The lowest BCUT2D eigenvalue weighted by Crippen LogP contribution is -1.88. The number of aldehydes is 1. The number of carbonyl (C=O) groups excluding carboxylic acids is 1. The van der Waals surface area contributed by atoms with Gasteiger partial charge >= 0.3 is 0 Å². The van der Waals surface area contributed by atoms with Gasteiger partial charge < -0.3 is 4.42 Å². The second kappa shape index (κ2) is 3.65. The van der Waals surface area contributed by atoms with E-state index in [2.05, 4.69) is 4.98 Å². The molecule has 76 valence electrons. The van der Waals surface area contributed by atoms with Gasteiger partial charge in [0.25, 0.3) is 0 Å². The maximum atomic E-state index is 13.2. The van der Waals surface area contributed by atoms with Crippen LogP contribution in [0, 0.1) is 12.7 Å². The molecule has 0 unspecified atom stereocenters. The number of hydrogen-bond donors (Lipinski definition) is 0. The molecule has 0 spiro atoms. The minimum atomic E-state index is -0.571. The Bertz CT molecular complexity index is 505. The maximum Gasteiger partial charge on any atom is 0.226 e. The van der Waals surface area contributed by atoms with E-state index in [0.29, 0.717) is 17.7 Å². The van der Waals surface area contributed by atoms with E-state index in [0.717, 1.165) is 5.69 Å². The van der Waals surface area contributed by atoms with Gasteiger partial charge in [-0.2, -0.15) is 0 Å². The van der Waals surface area contributed by atoms with Crippen molar-refractivity contribution in [2.45, 2.75) is 6.92 Å². The van der Waals surface area contributed by atoms with Crippen LogP contribution < -0.4 is 0 Å². The van der Waals surface area contributed by atoms with Crippen molar-refractivity contribution < 1.29 is 13.6 Å².